The van der Waals surface area contributed by atoms with E-state index in [9.17, 15) is 14.4 Å². The van der Waals surface area contributed by atoms with Crippen molar-refractivity contribution in [3.05, 3.63) is 28.7 Å². The quantitative estimate of drug-likeness (QED) is 0.680. The first-order chi connectivity index (χ1) is 14.1. The fourth-order valence-electron chi connectivity index (χ4n) is 3.17. The first-order valence-corrected chi connectivity index (χ1v) is 10.1. The molecule has 0 aromatic heterocycles. The molecule has 3 amide bonds. The standard InChI is InChI=1S/C19H21N3O6S/c23-17(11-21-5-7-26-8-6-21)20-3-4-22-18(24)16(29-19(22)25)10-13-1-2-14-15(9-13)28-12-27-14/h1-2,9-10H,3-8,11-12H2,(H,20,23)/b16-10-. The molecule has 3 heterocycles. The molecule has 1 aromatic rings. The molecule has 0 bridgehead atoms. The smallest absolute Gasteiger partial charge is 0.293 e. The van der Waals surface area contributed by atoms with Crippen LogP contribution in [-0.4, -0.2) is 79.6 Å². The highest BCUT2D eigenvalue weighted by Gasteiger charge is 2.34. The maximum absolute atomic E-state index is 12.6. The first kappa shape index (κ1) is 19.7. The number of hydrogen-bond donors (Lipinski definition) is 1. The number of nitrogens with one attached hydrogen (secondary N) is 1. The molecular weight excluding hydrogens is 398 g/mol. The zero-order valence-electron chi connectivity index (χ0n) is 15.7. The Bertz CT molecular complexity index is 852. The summed E-state index contributed by atoms with van der Waals surface area (Å²) in [7, 11) is 0. The Morgan fingerprint density at radius 2 is 1.97 bits per heavy atom. The number of nitrogens with zero attached hydrogens (tertiary/aromatic N) is 2. The highest BCUT2D eigenvalue weighted by atomic mass is 32.2. The molecule has 0 unspecified atom stereocenters. The summed E-state index contributed by atoms with van der Waals surface area (Å²) in [4.78, 5) is 40.3. The summed E-state index contributed by atoms with van der Waals surface area (Å²) in [6, 6.07) is 5.33. The van der Waals surface area contributed by atoms with Crippen molar-refractivity contribution in [1.29, 1.82) is 0 Å². The molecule has 3 aliphatic heterocycles. The van der Waals surface area contributed by atoms with Crippen LogP contribution in [0.4, 0.5) is 4.79 Å². The Balaban J connectivity index is 1.29. The van der Waals surface area contributed by atoms with E-state index in [-0.39, 0.29) is 43.5 Å². The molecule has 2 saturated heterocycles. The number of fused-ring (bicyclic) bond motifs is 1. The molecule has 0 atom stereocenters. The van der Waals surface area contributed by atoms with Crippen molar-refractivity contribution >= 4 is 34.9 Å². The minimum Gasteiger partial charge on any atom is -0.454 e. The fraction of sp³-hybridized carbons (Fsp3) is 0.421. The number of hydrogen-bond acceptors (Lipinski definition) is 8. The minimum atomic E-state index is -0.361. The molecule has 0 saturated carbocycles. The molecule has 0 spiro atoms. The van der Waals surface area contributed by atoms with E-state index in [1.807, 2.05) is 4.90 Å². The average molecular weight is 419 g/mol. The van der Waals surface area contributed by atoms with E-state index in [0.29, 0.717) is 29.6 Å². The van der Waals surface area contributed by atoms with Crippen LogP contribution in [0.1, 0.15) is 5.56 Å². The van der Waals surface area contributed by atoms with Crippen LogP contribution in [0.3, 0.4) is 0 Å². The van der Waals surface area contributed by atoms with Crippen molar-refractivity contribution in [2.24, 2.45) is 0 Å². The van der Waals surface area contributed by atoms with Crippen molar-refractivity contribution in [3.63, 3.8) is 0 Å². The fourth-order valence-corrected chi connectivity index (χ4v) is 4.04. The Hall–Kier alpha value is -2.56. The van der Waals surface area contributed by atoms with E-state index >= 15 is 0 Å². The van der Waals surface area contributed by atoms with Gasteiger partial charge in [-0.1, -0.05) is 6.07 Å². The van der Waals surface area contributed by atoms with Crippen LogP contribution in [-0.2, 0) is 14.3 Å². The van der Waals surface area contributed by atoms with Crippen molar-refractivity contribution in [1.82, 2.24) is 15.1 Å². The van der Waals surface area contributed by atoms with Crippen LogP contribution < -0.4 is 14.8 Å². The third kappa shape index (κ3) is 4.72. The lowest BCUT2D eigenvalue weighted by molar-refractivity contribution is -0.125. The molecular formula is C19H21N3O6S. The van der Waals surface area contributed by atoms with Gasteiger partial charge in [0.1, 0.15) is 0 Å². The van der Waals surface area contributed by atoms with Gasteiger partial charge in [-0.3, -0.25) is 24.2 Å². The van der Waals surface area contributed by atoms with Crippen molar-refractivity contribution in [2.45, 2.75) is 0 Å². The first-order valence-electron chi connectivity index (χ1n) is 9.32. The third-order valence-corrected chi connectivity index (χ3v) is 5.60. The van der Waals surface area contributed by atoms with Gasteiger partial charge in [-0.2, -0.15) is 0 Å². The molecule has 3 aliphatic rings. The van der Waals surface area contributed by atoms with Crippen LogP contribution in [0.25, 0.3) is 6.08 Å². The van der Waals surface area contributed by atoms with Crippen LogP contribution in [0, 0.1) is 0 Å². The van der Waals surface area contributed by atoms with Crippen LogP contribution >= 0.6 is 11.8 Å². The zero-order valence-corrected chi connectivity index (χ0v) is 16.5. The number of amides is 3. The highest BCUT2D eigenvalue weighted by molar-refractivity contribution is 8.18. The number of thioether (sulfide) groups is 1. The van der Waals surface area contributed by atoms with Gasteiger partial charge in [-0.15, -0.1) is 0 Å². The van der Waals surface area contributed by atoms with E-state index < -0.39 is 0 Å². The van der Waals surface area contributed by atoms with Crippen LogP contribution in [0.2, 0.25) is 0 Å². The molecule has 10 heteroatoms. The summed E-state index contributed by atoms with van der Waals surface area (Å²) in [6.45, 7) is 3.51. The highest BCUT2D eigenvalue weighted by Crippen LogP contribution is 2.36. The Morgan fingerprint density at radius 3 is 2.79 bits per heavy atom. The molecule has 1 aromatic carbocycles. The van der Waals surface area contributed by atoms with Gasteiger partial charge in [0, 0.05) is 26.2 Å². The number of ether oxygens (including phenoxy) is 3. The number of imide groups is 1. The predicted molar refractivity (Wildman–Crippen MR) is 106 cm³/mol. The molecule has 9 nitrogen and oxygen atoms in total. The van der Waals surface area contributed by atoms with Gasteiger partial charge in [-0.25, -0.2) is 0 Å². The van der Waals surface area contributed by atoms with Gasteiger partial charge in [0.05, 0.1) is 24.7 Å². The van der Waals surface area contributed by atoms with Gasteiger partial charge in [-0.05, 0) is 35.5 Å². The summed E-state index contributed by atoms with van der Waals surface area (Å²) >= 11 is 0.889. The summed E-state index contributed by atoms with van der Waals surface area (Å²) in [5.41, 5.74) is 0.749. The van der Waals surface area contributed by atoms with Gasteiger partial charge >= 0.3 is 0 Å². The molecule has 0 aliphatic carbocycles. The maximum atomic E-state index is 12.6. The van der Waals surface area contributed by atoms with Gasteiger partial charge in [0.25, 0.3) is 11.1 Å². The lowest BCUT2D eigenvalue weighted by Crippen LogP contribution is -2.45. The number of carbonyl (C=O) groups is 3. The van der Waals surface area contributed by atoms with Crippen LogP contribution in [0.5, 0.6) is 11.5 Å². The summed E-state index contributed by atoms with van der Waals surface area (Å²) < 4.78 is 15.9. The number of carbonyl (C=O) groups excluding carboxylic acids is 3. The summed E-state index contributed by atoms with van der Waals surface area (Å²) in [5.74, 6) is 0.777. The van der Waals surface area contributed by atoms with Crippen molar-refractivity contribution < 1.29 is 28.6 Å². The van der Waals surface area contributed by atoms with Crippen LogP contribution in [0.15, 0.2) is 23.1 Å². The van der Waals surface area contributed by atoms with E-state index in [2.05, 4.69) is 5.32 Å². The number of rotatable bonds is 6. The van der Waals surface area contributed by atoms with Gasteiger partial charge in [0.2, 0.25) is 12.7 Å². The second kappa shape index (κ2) is 8.85. The molecule has 154 valence electrons. The number of morpholine rings is 1. The van der Waals surface area contributed by atoms with E-state index in [1.54, 1.807) is 24.3 Å². The average Bonchev–Trinajstić information content (AvgIpc) is 3.28. The van der Waals surface area contributed by atoms with Crippen molar-refractivity contribution in [2.75, 3.05) is 52.7 Å². The SMILES string of the molecule is O=C(CN1CCOCC1)NCCN1C(=O)S/C(=C\c2ccc3c(c2)OCO3)C1=O. The topological polar surface area (TPSA) is 97.4 Å². The number of benzene rings is 1. The summed E-state index contributed by atoms with van der Waals surface area (Å²) in [5, 5.41) is 2.42. The van der Waals surface area contributed by atoms with E-state index in [0.717, 1.165) is 35.3 Å². The molecule has 29 heavy (non-hydrogen) atoms. The summed E-state index contributed by atoms with van der Waals surface area (Å²) in [6.07, 6.45) is 1.66. The van der Waals surface area contributed by atoms with Gasteiger partial charge in [0.15, 0.2) is 11.5 Å². The predicted octanol–water partition coefficient (Wildman–Crippen LogP) is 0.900. The maximum Gasteiger partial charge on any atom is 0.293 e. The minimum absolute atomic E-state index is 0.130. The van der Waals surface area contributed by atoms with Crippen molar-refractivity contribution in [3.8, 4) is 11.5 Å². The third-order valence-electron chi connectivity index (χ3n) is 4.70. The Kier molecular flexibility index (Phi) is 6.02. The molecule has 0 radical (unpaired) electrons. The van der Waals surface area contributed by atoms with E-state index in [1.165, 1.54) is 0 Å². The molecule has 2 fully saturated rings. The lowest BCUT2D eigenvalue weighted by atomic mass is 10.2. The largest absolute Gasteiger partial charge is 0.454 e. The monoisotopic (exact) mass is 419 g/mol. The normalized spacial score (nSPS) is 20.6. The Labute approximate surface area is 171 Å². The lowest BCUT2D eigenvalue weighted by Gasteiger charge is -2.25. The second-order valence-electron chi connectivity index (χ2n) is 6.68. The molecule has 1 N–H and O–H groups in total. The van der Waals surface area contributed by atoms with E-state index in [4.69, 9.17) is 14.2 Å². The Morgan fingerprint density at radius 1 is 1.17 bits per heavy atom. The van der Waals surface area contributed by atoms with Gasteiger partial charge < -0.3 is 19.5 Å². The second-order valence-corrected chi connectivity index (χ2v) is 7.68. The molecule has 4 rings (SSSR count). The zero-order chi connectivity index (χ0) is 20.2.